The minimum Gasteiger partial charge on any atom is -0.481 e. The molecule has 2 amide bonds. The van der Waals surface area contributed by atoms with E-state index in [9.17, 15) is 14.0 Å². The molecule has 32 heavy (non-hydrogen) atoms. The second-order valence-corrected chi connectivity index (χ2v) is 7.93. The van der Waals surface area contributed by atoms with E-state index in [-0.39, 0.29) is 29.6 Å². The molecule has 2 aliphatic rings. The number of methoxy groups -OCH3 is 2. The Bertz CT molecular complexity index is 984. The molecule has 170 valence electrons. The molecule has 2 aromatic rings. The van der Waals surface area contributed by atoms with E-state index >= 15 is 0 Å². The highest BCUT2D eigenvalue weighted by molar-refractivity contribution is 5.96. The largest absolute Gasteiger partial charge is 0.481 e. The molecular formula is C23H27FN4O4. The third kappa shape index (κ3) is 4.52. The number of ether oxygens (including phenoxy) is 2. The Morgan fingerprint density at radius 1 is 1.03 bits per heavy atom. The molecule has 2 saturated heterocycles. The number of halogens is 1. The molecule has 2 fully saturated rings. The van der Waals surface area contributed by atoms with Crippen LogP contribution >= 0.6 is 0 Å². The predicted octanol–water partition coefficient (Wildman–Crippen LogP) is 1.80. The molecule has 0 aliphatic carbocycles. The number of carbonyl (C=O) groups excluding carboxylic acids is 2. The fourth-order valence-electron chi connectivity index (χ4n) is 4.29. The van der Waals surface area contributed by atoms with Gasteiger partial charge in [-0.25, -0.2) is 4.39 Å². The predicted molar refractivity (Wildman–Crippen MR) is 115 cm³/mol. The number of nitrogens with zero attached hydrogens (tertiary/aromatic N) is 4. The van der Waals surface area contributed by atoms with Crippen LogP contribution in [0.2, 0.25) is 0 Å². The lowest BCUT2D eigenvalue weighted by Crippen LogP contribution is -2.56. The van der Waals surface area contributed by atoms with E-state index < -0.39 is 0 Å². The first-order valence-corrected chi connectivity index (χ1v) is 10.7. The average molecular weight is 442 g/mol. The van der Waals surface area contributed by atoms with Crippen molar-refractivity contribution in [2.75, 3.05) is 46.9 Å². The van der Waals surface area contributed by atoms with Crippen molar-refractivity contribution >= 4 is 11.8 Å². The van der Waals surface area contributed by atoms with Gasteiger partial charge in [-0.1, -0.05) is 12.1 Å². The summed E-state index contributed by atoms with van der Waals surface area (Å²) in [4.78, 5) is 36.3. The number of benzene rings is 1. The maximum atomic E-state index is 13.2. The summed E-state index contributed by atoms with van der Waals surface area (Å²) in [7, 11) is 2.97. The fourth-order valence-corrected chi connectivity index (χ4v) is 4.29. The second kappa shape index (κ2) is 9.52. The van der Waals surface area contributed by atoms with E-state index in [0.29, 0.717) is 50.6 Å². The molecule has 2 aliphatic heterocycles. The SMILES string of the molecule is COc1ccc(C(=O)N2CCC3C(=O)N(Cc4ccc(F)cc4)CCN3CC2)c(OC)n1. The molecule has 1 atom stereocenters. The van der Waals surface area contributed by atoms with Gasteiger partial charge in [-0.05, 0) is 30.2 Å². The van der Waals surface area contributed by atoms with Crippen LogP contribution < -0.4 is 9.47 Å². The zero-order valence-electron chi connectivity index (χ0n) is 18.3. The van der Waals surface area contributed by atoms with Crippen molar-refractivity contribution < 1.29 is 23.5 Å². The first kappa shape index (κ1) is 22.0. The number of carbonyl (C=O) groups is 2. The second-order valence-electron chi connectivity index (χ2n) is 7.93. The highest BCUT2D eigenvalue weighted by Gasteiger charge is 2.37. The Balaban J connectivity index is 1.44. The van der Waals surface area contributed by atoms with Crippen LogP contribution in [0.5, 0.6) is 11.8 Å². The van der Waals surface area contributed by atoms with Gasteiger partial charge in [0, 0.05) is 45.3 Å². The topological polar surface area (TPSA) is 75.2 Å². The molecule has 9 heteroatoms. The van der Waals surface area contributed by atoms with Crippen molar-refractivity contribution in [3.63, 3.8) is 0 Å². The summed E-state index contributed by atoms with van der Waals surface area (Å²) in [6, 6.07) is 9.26. The molecule has 1 aromatic heterocycles. The van der Waals surface area contributed by atoms with E-state index in [1.54, 1.807) is 29.2 Å². The Hall–Kier alpha value is -3.20. The van der Waals surface area contributed by atoms with Gasteiger partial charge in [0.15, 0.2) is 0 Å². The molecule has 0 radical (unpaired) electrons. The molecule has 8 nitrogen and oxygen atoms in total. The number of aromatic nitrogens is 1. The Labute approximate surface area is 186 Å². The van der Waals surface area contributed by atoms with Gasteiger partial charge in [-0.15, -0.1) is 0 Å². The van der Waals surface area contributed by atoms with Crippen LogP contribution in [0.1, 0.15) is 22.3 Å². The summed E-state index contributed by atoms with van der Waals surface area (Å²) in [5.74, 6) is 0.184. The first-order chi connectivity index (χ1) is 15.5. The van der Waals surface area contributed by atoms with Crippen molar-refractivity contribution in [3.05, 3.63) is 53.3 Å². The van der Waals surface area contributed by atoms with Crippen LogP contribution in [0.25, 0.3) is 0 Å². The summed E-state index contributed by atoms with van der Waals surface area (Å²) in [5, 5.41) is 0. The number of hydrogen-bond acceptors (Lipinski definition) is 6. The van der Waals surface area contributed by atoms with E-state index in [4.69, 9.17) is 9.47 Å². The summed E-state index contributed by atoms with van der Waals surface area (Å²) in [6.45, 7) is 3.42. The van der Waals surface area contributed by atoms with Crippen LogP contribution in [0.3, 0.4) is 0 Å². The zero-order valence-corrected chi connectivity index (χ0v) is 18.3. The lowest BCUT2D eigenvalue weighted by Gasteiger charge is -2.39. The van der Waals surface area contributed by atoms with E-state index in [0.717, 1.165) is 12.1 Å². The van der Waals surface area contributed by atoms with Crippen LogP contribution in [0.15, 0.2) is 36.4 Å². The summed E-state index contributed by atoms with van der Waals surface area (Å²) >= 11 is 0. The van der Waals surface area contributed by atoms with Crippen molar-refractivity contribution in [1.29, 1.82) is 0 Å². The Kier molecular flexibility index (Phi) is 6.55. The number of hydrogen-bond donors (Lipinski definition) is 0. The number of amides is 2. The lowest BCUT2D eigenvalue weighted by atomic mass is 10.1. The molecule has 4 rings (SSSR count). The third-order valence-electron chi connectivity index (χ3n) is 6.07. The first-order valence-electron chi connectivity index (χ1n) is 10.7. The minimum atomic E-state index is -0.290. The van der Waals surface area contributed by atoms with E-state index in [1.807, 2.05) is 4.90 Å². The fraction of sp³-hybridized carbons (Fsp3) is 0.435. The smallest absolute Gasteiger partial charge is 0.259 e. The number of fused-ring (bicyclic) bond motifs is 1. The molecule has 0 bridgehead atoms. The molecule has 0 spiro atoms. The van der Waals surface area contributed by atoms with Crippen LogP contribution in [-0.2, 0) is 11.3 Å². The zero-order chi connectivity index (χ0) is 22.7. The minimum absolute atomic E-state index is 0.0542. The monoisotopic (exact) mass is 442 g/mol. The Morgan fingerprint density at radius 2 is 1.78 bits per heavy atom. The van der Waals surface area contributed by atoms with Crippen molar-refractivity contribution in [2.45, 2.75) is 19.0 Å². The quantitative estimate of drug-likeness (QED) is 0.703. The van der Waals surface area contributed by atoms with Gasteiger partial charge in [0.25, 0.3) is 5.91 Å². The highest BCUT2D eigenvalue weighted by Crippen LogP contribution is 2.24. The molecule has 0 N–H and O–H groups in total. The standard InChI is InChI=1S/C23H27FN4O4/c1-31-20-8-7-18(21(25-20)32-2)22(29)27-10-9-19-23(30)28(14-12-26(19)11-13-27)15-16-3-5-17(24)6-4-16/h3-8,19H,9-15H2,1-2H3. The normalized spacial score (nSPS) is 19.3. The van der Waals surface area contributed by atoms with E-state index in [1.165, 1.54) is 26.4 Å². The molecule has 3 heterocycles. The number of piperazine rings is 1. The van der Waals surface area contributed by atoms with Crippen molar-refractivity contribution in [3.8, 4) is 11.8 Å². The summed E-state index contributed by atoms with van der Waals surface area (Å²) in [5.41, 5.74) is 1.27. The average Bonchev–Trinajstić information content (AvgIpc) is 3.04. The van der Waals surface area contributed by atoms with Gasteiger partial charge in [0.1, 0.15) is 11.4 Å². The van der Waals surface area contributed by atoms with Crippen LogP contribution in [-0.4, -0.2) is 84.5 Å². The van der Waals surface area contributed by atoms with Crippen LogP contribution in [0, 0.1) is 5.82 Å². The lowest BCUT2D eigenvalue weighted by molar-refractivity contribution is -0.142. The van der Waals surface area contributed by atoms with Gasteiger partial charge in [0.05, 0.1) is 20.3 Å². The van der Waals surface area contributed by atoms with Gasteiger partial charge in [0.2, 0.25) is 17.7 Å². The van der Waals surface area contributed by atoms with Gasteiger partial charge < -0.3 is 19.3 Å². The maximum absolute atomic E-state index is 13.2. The molecule has 1 unspecified atom stereocenters. The summed E-state index contributed by atoms with van der Waals surface area (Å²) in [6.07, 6.45) is 0.552. The van der Waals surface area contributed by atoms with Gasteiger partial charge >= 0.3 is 0 Å². The van der Waals surface area contributed by atoms with Crippen LogP contribution in [0.4, 0.5) is 4.39 Å². The van der Waals surface area contributed by atoms with E-state index in [2.05, 4.69) is 9.88 Å². The van der Waals surface area contributed by atoms with Crippen molar-refractivity contribution in [1.82, 2.24) is 19.7 Å². The number of pyridine rings is 1. The Morgan fingerprint density at radius 3 is 2.50 bits per heavy atom. The molecule has 0 saturated carbocycles. The summed E-state index contributed by atoms with van der Waals surface area (Å²) < 4.78 is 23.6. The number of rotatable bonds is 5. The van der Waals surface area contributed by atoms with Gasteiger partial charge in [-0.3, -0.25) is 14.5 Å². The third-order valence-corrected chi connectivity index (χ3v) is 6.07. The molecular weight excluding hydrogens is 415 g/mol. The maximum Gasteiger partial charge on any atom is 0.259 e. The highest BCUT2D eigenvalue weighted by atomic mass is 19.1. The molecule has 1 aromatic carbocycles. The van der Waals surface area contributed by atoms with Gasteiger partial charge in [-0.2, -0.15) is 4.98 Å². The van der Waals surface area contributed by atoms with Crippen molar-refractivity contribution in [2.24, 2.45) is 0 Å².